The molecule has 0 aliphatic carbocycles. The predicted octanol–water partition coefficient (Wildman–Crippen LogP) is 3.85. The molecule has 0 aromatic heterocycles. The molecule has 1 heterocycles. The van der Waals surface area contributed by atoms with E-state index in [0.717, 1.165) is 39.9 Å². The van der Waals surface area contributed by atoms with Gasteiger partial charge in [0.05, 0.1) is 16.4 Å². The summed E-state index contributed by atoms with van der Waals surface area (Å²) in [7, 11) is 0. The lowest BCUT2D eigenvalue weighted by Gasteiger charge is -2.14. The maximum absolute atomic E-state index is 12.6. The van der Waals surface area contributed by atoms with E-state index in [9.17, 15) is 24.8 Å². The van der Waals surface area contributed by atoms with Crippen LogP contribution in [0.2, 0.25) is 0 Å². The average molecular weight is 370 g/mol. The highest BCUT2D eigenvalue weighted by molar-refractivity contribution is 8.18. The molecule has 7 nitrogen and oxygen atoms in total. The van der Waals surface area contributed by atoms with Crippen molar-refractivity contribution in [1.82, 2.24) is 4.90 Å². The molecule has 1 fully saturated rings. The number of nitro groups is 1. The summed E-state index contributed by atoms with van der Waals surface area (Å²) < 4.78 is 0. The van der Waals surface area contributed by atoms with Gasteiger partial charge in [-0.1, -0.05) is 24.3 Å². The fraction of sp³-hybridized carbons (Fsp3) is 0.111. The number of amides is 2. The number of non-ortho nitro benzene ring substituents is 1. The lowest BCUT2D eigenvalue weighted by molar-refractivity contribution is -0.384. The van der Waals surface area contributed by atoms with Gasteiger partial charge in [-0.05, 0) is 42.0 Å². The van der Waals surface area contributed by atoms with Crippen LogP contribution in [-0.2, 0) is 11.3 Å². The molecule has 3 rings (SSSR count). The van der Waals surface area contributed by atoms with Gasteiger partial charge in [-0.2, -0.15) is 0 Å². The van der Waals surface area contributed by atoms with Gasteiger partial charge in [0.25, 0.3) is 16.8 Å². The molecule has 0 spiro atoms. The highest BCUT2D eigenvalue weighted by atomic mass is 32.2. The van der Waals surface area contributed by atoms with Crippen LogP contribution in [-0.4, -0.2) is 26.1 Å². The van der Waals surface area contributed by atoms with E-state index < -0.39 is 16.1 Å². The number of carbonyl (C=O) groups is 2. The topological polar surface area (TPSA) is 101 Å². The van der Waals surface area contributed by atoms with Gasteiger partial charge in [0.15, 0.2) is 0 Å². The summed E-state index contributed by atoms with van der Waals surface area (Å²) in [5.74, 6) is -0.699. The van der Waals surface area contributed by atoms with E-state index in [-0.39, 0.29) is 28.5 Å². The van der Waals surface area contributed by atoms with Crippen LogP contribution in [0.25, 0.3) is 6.08 Å². The Hall–Kier alpha value is -3.13. The molecule has 8 heteroatoms. The van der Waals surface area contributed by atoms with Crippen molar-refractivity contribution in [2.24, 2.45) is 0 Å². The molecule has 0 radical (unpaired) electrons. The zero-order valence-corrected chi connectivity index (χ0v) is 14.5. The van der Waals surface area contributed by atoms with E-state index in [1.807, 2.05) is 31.2 Å². The smallest absolute Gasteiger partial charge is 0.293 e. The molecule has 0 saturated carbocycles. The lowest BCUT2D eigenvalue weighted by atomic mass is 10.1. The summed E-state index contributed by atoms with van der Waals surface area (Å²) in [4.78, 5) is 36.3. The Morgan fingerprint density at radius 2 is 1.96 bits per heavy atom. The standard InChI is InChI=1S/C18H14N2O5S/c1-11-4-2-3-5-12(11)10-19-17(22)16(26-18(19)23)9-13-8-14(20(24)25)6-7-15(13)21/h2-9,21H,10H2,1H3/b16-9-. The minimum absolute atomic E-state index is 0.111. The van der Waals surface area contributed by atoms with E-state index in [4.69, 9.17) is 0 Å². The minimum Gasteiger partial charge on any atom is -0.507 e. The second-order valence-electron chi connectivity index (χ2n) is 5.69. The van der Waals surface area contributed by atoms with Gasteiger partial charge in [-0.3, -0.25) is 24.6 Å². The van der Waals surface area contributed by atoms with Gasteiger partial charge in [0.1, 0.15) is 5.75 Å². The van der Waals surface area contributed by atoms with Crippen molar-refractivity contribution in [3.63, 3.8) is 0 Å². The largest absolute Gasteiger partial charge is 0.507 e. The lowest BCUT2D eigenvalue weighted by Crippen LogP contribution is -2.27. The van der Waals surface area contributed by atoms with Crippen LogP contribution in [0, 0.1) is 17.0 Å². The zero-order chi connectivity index (χ0) is 18.8. The monoisotopic (exact) mass is 370 g/mol. The number of hydrogen-bond acceptors (Lipinski definition) is 6. The van der Waals surface area contributed by atoms with Crippen LogP contribution >= 0.6 is 11.8 Å². The van der Waals surface area contributed by atoms with Crippen molar-refractivity contribution >= 4 is 34.7 Å². The van der Waals surface area contributed by atoms with E-state index in [0.29, 0.717) is 0 Å². The Bertz CT molecular complexity index is 954. The average Bonchev–Trinajstić information content (AvgIpc) is 2.86. The first kappa shape index (κ1) is 17.7. The third-order valence-corrected chi connectivity index (χ3v) is 4.88. The molecule has 1 N–H and O–H groups in total. The number of phenols is 1. The SMILES string of the molecule is Cc1ccccc1CN1C(=O)S/C(=C\c2cc([N+](=O)[O-])ccc2O)C1=O. The summed E-state index contributed by atoms with van der Waals surface area (Å²) in [5, 5.41) is 20.3. The summed E-state index contributed by atoms with van der Waals surface area (Å²) in [6.45, 7) is 2.04. The maximum Gasteiger partial charge on any atom is 0.293 e. The van der Waals surface area contributed by atoms with Crippen molar-refractivity contribution in [3.8, 4) is 5.75 Å². The first-order chi connectivity index (χ1) is 12.4. The molecule has 2 aromatic rings. The minimum atomic E-state index is -0.597. The Morgan fingerprint density at radius 3 is 2.65 bits per heavy atom. The van der Waals surface area contributed by atoms with E-state index >= 15 is 0 Å². The van der Waals surface area contributed by atoms with Gasteiger partial charge in [0, 0.05) is 17.7 Å². The van der Waals surface area contributed by atoms with Crippen LogP contribution in [0.1, 0.15) is 16.7 Å². The van der Waals surface area contributed by atoms with E-state index in [1.54, 1.807) is 0 Å². The Balaban J connectivity index is 1.89. The normalized spacial score (nSPS) is 15.7. The zero-order valence-electron chi connectivity index (χ0n) is 13.7. The molecule has 132 valence electrons. The van der Waals surface area contributed by atoms with Gasteiger partial charge in [-0.25, -0.2) is 0 Å². The number of aromatic hydroxyl groups is 1. The molecule has 26 heavy (non-hydrogen) atoms. The van der Waals surface area contributed by atoms with Crippen molar-refractivity contribution in [1.29, 1.82) is 0 Å². The van der Waals surface area contributed by atoms with Crippen LogP contribution in [0.4, 0.5) is 10.5 Å². The van der Waals surface area contributed by atoms with Crippen molar-refractivity contribution < 1.29 is 19.6 Å². The Morgan fingerprint density at radius 1 is 1.23 bits per heavy atom. The van der Waals surface area contributed by atoms with Crippen LogP contribution < -0.4 is 0 Å². The van der Waals surface area contributed by atoms with Gasteiger partial charge in [-0.15, -0.1) is 0 Å². The maximum atomic E-state index is 12.6. The van der Waals surface area contributed by atoms with E-state index in [2.05, 4.69) is 0 Å². The predicted molar refractivity (Wildman–Crippen MR) is 97.5 cm³/mol. The molecule has 1 saturated heterocycles. The number of nitrogens with zero attached hydrogens (tertiary/aromatic N) is 2. The molecular formula is C18H14N2O5S. The van der Waals surface area contributed by atoms with Crippen LogP contribution in [0.3, 0.4) is 0 Å². The van der Waals surface area contributed by atoms with Crippen molar-refractivity contribution in [2.75, 3.05) is 0 Å². The molecule has 2 aromatic carbocycles. The quantitative estimate of drug-likeness (QED) is 0.498. The third-order valence-electron chi connectivity index (χ3n) is 3.97. The van der Waals surface area contributed by atoms with Crippen LogP contribution in [0.15, 0.2) is 47.4 Å². The van der Waals surface area contributed by atoms with Gasteiger partial charge >= 0.3 is 0 Å². The first-order valence-electron chi connectivity index (χ1n) is 7.64. The number of phenolic OH excluding ortho intramolecular Hbond substituents is 1. The number of benzene rings is 2. The summed E-state index contributed by atoms with van der Waals surface area (Å²) in [6.07, 6.45) is 1.30. The number of nitro benzene ring substituents is 1. The van der Waals surface area contributed by atoms with E-state index in [1.165, 1.54) is 12.1 Å². The highest BCUT2D eigenvalue weighted by Gasteiger charge is 2.35. The molecule has 2 amide bonds. The fourth-order valence-electron chi connectivity index (χ4n) is 2.51. The van der Waals surface area contributed by atoms with Crippen molar-refractivity contribution in [3.05, 3.63) is 74.2 Å². The number of imide groups is 1. The summed E-state index contributed by atoms with van der Waals surface area (Å²) in [5.41, 5.74) is 1.72. The fourth-order valence-corrected chi connectivity index (χ4v) is 3.34. The molecule has 1 aliphatic rings. The molecule has 0 atom stereocenters. The second kappa shape index (κ2) is 7.01. The van der Waals surface area contributed by atoms with Gasteiger partial charge < -0.3 is 5.11 Å². The molecule has 0 unspecified atom stereocenters. The highest BCUT2D eigenvalue weighted by Crippen LogP contribution is 2.35. The first-order valence-corrected chi connectivity index (χ1v) is 8.46. The second-order valence-corrected chi connectivity index (χ2v) is 6.69. The molecular weight excluding hydrogens is 356 g/mol. The number of carbonyl (C=O) groups excluding carboxylic acids is 2. The van der Waals surface area contributed by atoms with Crippen molar-refractivity contribution in [2.45, 2.75) is 13.5 Å². The number of thioether (sulfide) groups is 1. The molecule has 0 bridgehead atoms. The number of aryl methyl sites for hydroxylation is 1. The number of rotatable bonds is 4. The molecule has 1 aliphatic heterocycles. The van der Waals surface area contributed by atoms with Crippen LogP contribution in [0.5, 0.6) is 5.75 Å². The Labute approximate surface area is 153 Å². The number of hydrogen-bond donors (Lipinski definition) is 1. The van der Waals surface area contributed by atoms with Gasteiger partial charge in [0.2, 0.25) is 0 Å². The summed E-state index contributed by atoms with van der Waals surface area (Å²) in [6, 6.07) is 10.9. The Kier molecular flexibility index (Phi) is 4.77. The third kappa shape index (κ3) is 3.45. The summed E-state index contributed by atoms with van der Waals surface area (Å²) >= 11 is 0.742.